The number of ether oxygens (including phenoxy) is 3. The first-order valence-electron chi connectivity index (χ1n) is 8.52. The molecule has 0 heterocycles. The molecule has 0 saturated carbocycles. The van der Waals surface area contributed by atoms with Crippen LogP contribution in [0, 0.1) is 0 Å². The summed E-state index contributed by atoms with van der Waals surface area (Å²) in [4.78, 5) is 25.3. The van der Waals surface area contributed by atoms with Crippen LogP contribution in [-0.4, -0.2) is 39.4 Å². The van der Waals surface area contributed by atoms with Crippen molar-refractivity contribution in [2.45, 2.75) is 17.8 Å². The molecule has 2 aromatic carbocycles. The molecule has 0 radical (unpaired) electrons. The molecular weight excluding hydrogens is 471 g/mol. The van der Waals surface area contributed by atoms with E-state index in [0.29, 0.717) is 10.2 Å². The Kier molecular flexibility index (Phi) is 7.49. The van der Waals surface area contributed by atoms with Crippen molar-refractivity contribution < 1.29 is 37.0 Å². The molecule has 6 nitrogen and oxygen atoms in total. The van der Waals surface area contributed by atoms with Crippen LogP contribution in [0.2, 0.25) is 0 Å². The summed E-state index contributed by atoms with van der Waals surface area (Å²) in [5.74, 6) is -2.09. The molecule has 0 spiro atoms. The monoisotopic (exact) mass is 489 g/mol. The van der Waals surface area contributed by atoms with E-state index in [4.69, 9.17) is 9.47 Å². The minimum absolute atomic E-state index is 0.183. The van der Waals surface area contributed by atoms with Crippen LogP contribution in [0.5, 0.6) is 5.75 Å². The predicted octanol–water partition coefficient (Wildman–Crippen LogP) is 3.89. The fourth-order valence-electron chi connectivity index (χ4n) is 2.91. The molecule has 2 aromatic rings. The molecule has 0 aliphatic rings. The third-order valence-corrected chi connectivity index (χ3v) is 5.05. The van der Waals surface area contributed by atoms with Gasteiger partial charge in [0, 0.05) is 12.7 Å². The van der Waals surface area contributed by atoms with Crippen molar-refractivity contribution in [1.29, 1.82) is 0 Å². The highest BCUT2D eigenvalue weighted by atomic mass is 79.9. The summed E-state index contributed by atoms with van der Waals surface area (Å²) < 4.78 is 57.2. The summed E-state index contributed by atoms with van der Waals surface area (Å²) in [6.07, 6.45) is -5.12. The Labute approximate surface area is 179 Å². The topological polar surface area (TPSA) is 73.9 Å². The highest BCUT2D eigenvalue weighted by Gasteiger charge is 2.63. The first-order chi connectivity index (χ1) is 14.1. The molecular formula is C20H19BrF3NO5. The average molecular weight is 490 g/mol. The third kappa shape index (κ3) is 4.44. The predicted molar refractivity (Wildman–Crippen MR) is 105 cm³/mol. The van der Waals surface area contributed by atoms with Crippen LogP contribution >= 0.6 is 15.9 Å². The van der Waals surface area contributed by atoms with Crippen LogP contribution in [0.25, 0.3) is 0 Å². The van der Waals surface area contributed by atoms with Crippen molar-refractivity contribution in [2.75, 3.05) is 21.3 Å². The summed E-state index contributed by atoms with van der Waals surface area (Å²) >= 11 is 3.24. The number of nitrogens with one attached hydrogen (secondary N) is 1. The van der Waals surface area contributed by atoms with Gasteiger partial charge in [-0.25, -0.2) is 4.79 Å². The Bertz CT molecular complexity index is 907. The van der Waals surface area contributed by atoms with Crippen molar-refractivity contribution in [3.05, 3.63) is 64.1 Å². The first kappa shape index (κ1) is 23.7. The molecule has 1 amide bonds. The molecule has 10 heteroatoms. The maximum Gasteiger partial charge on any atom is 0.430 e. The van der Waals surface area contributed by atoms with Crippen LogP contribution in [0.1, 0.15) is 17.2 Å². The van der Waals surface area contributed by atoms with Crippen molar-refractivity contribution in [1.82, 2.24) is 5.32 Å². The van der Waals surface area contributed by atoms with E-state index in [0.717, 1.165) is 26.4 Å². The lowest BCUT2D eigenvalue weighted by molar-refractivity contribution is -0.266. The summed E-state index contributed by atoms with van der Waals surface area (Å²) in [5, 5.41) is 2.13. The zero-order valence-corrected chi connectivity index (χ0v) is 17.8. The molecule has 0 aromatic heterocycles. The Morgan fingerprint density at radius 2 is 1.67 bits per heavy atom. The van der Waals surface area contributed by atoms with Gasteiger partial charge in [0.25, 0.3) is 11.5 Å². The number of hydrogen-bond acceptors (Lipinski definition) is 5. The third-order valence-electron chi connectivity index (χ3n) is 4.43. The van der Waals surface area contributed by atoms with E-state index >= 15 is 0 Å². The molecule has 0 bridgehead atoms. The van der Waals surface area contributed by atoms with Crippen LogP contribution in [0.4, 0.5) is 13.2 Å². The number of carbonyl (C=O) groups is 2. The Morgan fingerprint density at radius 3 is 2.13 bits per heavy atom. The van der Waals surface area contributed by atoms with Crippen LogP contribution in [0.3, 0.4) is 0 Å². The lowest BCUT2D eigenvalue weighted by Gasteiger charge is -2.34. The maximum absolute atomic E-state index is 14.1. The second kappa shape index (κ2) is 9.48. The second-order valence-electron chi connectivity index (χ2n) is 6.07. The molecule has 1 N–H and O–H groups in total. The normalized spacial score (nSPS) is 14.4. The highest BCUT2D eigenvalue weighted by molar-refractivity contribution is 9.10. The lowest BCUT2D eigenvalue weighted by atomic mass is 9.91. The van der Waals surface area contributed by atoms with Gasteiger partial charge in [-0.1, -0.05) is 36.4 Å². The Hall–Kier alpha value is -2.59. The van der Waals surface area contributed by atoms with Crippen LogP contribution in [0.15, 0.2) is 53.0 Å². The van der Waals surface area contributed by atoms with E-state index in [1.54, 1.807) is 0 Å². The van der Waals surface area contributed by atoms with Crippen molar-refractivity contribution in [3.63, 3.8) is 0 Å². The average Bonchev–Trinajstić information content (AvgIpc) is 2.72. The van der Waals surface area contributed by atoms with Crippen LogP contribution < -0.4 is 10.1 Å². The summed E-state index contributed by atoms with van der Waals surface area (Å²) in [7, 11) is 3.26. The maximum atomic E-state index is 14.1. The van der Waals surface area contributed by atoms with Gasteiger partial charge in [0.2, 0.25) is 0 Å². The molecule has 2 rings (SSSR count). The lowest BCUT2D eigenvalue weighted by Crippen LogP contribution is -2.57. The summed E-state index contributed by atoms with van der Waals surface area (Å²) in [6, 6.07) is 9.27. The molecule has 0 aliphatic heterocycles. The van der Waals surface area contributed by atoms with Gasteiger partial charge >= 0.3 is 12.1 Å². The molecule has 30 heavy (non-hydrogen) atoms. The number of benzene rings is 2. The summed E-state index contributed by atoms with van der Waals surface area (Å²) in [6.45, 7) is 0. The Balaban J connectivity index is 2.53. The Morgan fingerprint density at radius 1 is 1.03 bits per heavy atom. The fourth-order valence-corrected chi connectivity index (χ4v) is 3.47. The van der Waals surface area contributed by atoms with E-state index < -0.39 is 35.3 Å². The molecule has 0 aliphatic carbocycles. The zero-order valence-electron chi connectivity index (χ0n) is 16.2. The van der Waals surface area contributed by atoms with E-state index in [9.17, 15) is 22.8 Å². The van der Waals surface area contributed by atoms with E-state index in [-0.39, 0.29) is 5.56 Å². The largest absolute Gasteiger partial charge is 0.496 e. The minimum atomic E-state index is -5.12. The number of halogens is 4. The summed E-state index contributed by atoms with van der Waals surface area (Å²) in [5.41, 5.74) is -3.58. The van der Waals surface area contributed by atoms with Gasteiger partial charge in [-0.15, -0.1) is 0 Å². The molecule has 162 valence electrons. The number of methoxy groups -OCH3 is 3. The minimum Gasteiger partial charge on any atom is -0.496 e. The van der Waals surface area contributed by atoms with E-state index in [2.05, 4.69) is 26.0 Å². The van der Waals surface area contributed by atoms with Crippen molar-refractivity contribution in [3.8, 4) is 5.75 Å². The van der Waals surface area contributed by atoms with Crippen molar-refractivity contribution >= 4 is 27.8 Å². The smallest absolute Gasteiger partial charge is 0.430 e. The number of amides is 1. The van der Waals surface area contributed by atoms with Gasteiger partial charge in [0.15, 0.2) is 6.04 Å². The first-order valence-corrected chi connectivity index (χ1v) is 9.31. The van der Waals surface area contributed by atoms with Gasteiger partial charge in [0.05, 0.1) is 18.7 Å². The second-order valence-corrected chi connectivity index (χ2v) is 6.93. The standard InChI is InChI=1S/C20H19BrF3NO5/c1-28-15-10-9-12(11-14(15)21)16(17(26)29-2)25-18(27)19(30-3,20(22,23)24)13-7-5-4-6-8-13/h4-11,16H,1-3H3,(H,25,27)/t16-,19-/m1/s1. The van der Waals surface area contributed by atoms with Gasteiger partial charge in [-0.2, -0.15) is 13.2 Å². The quantitative estimate of drug-likeness (QED) is 0.597. The molecule has 2 atom stereocenters. The van der Waals surface area contributed by atoms with E-state index in [1.165, 1.54) is 43.5 Å². The van der Waals surface area contributed by atoms with Crippen LogP contribution in [-0.2, 0) is 24.7 Å². The number of esters is 1. The highest BCUT2D eigenvalue weighted by Crippen LogP contribution is 2.42. The molecule has 0 fully saturated rings. The number of hydrogen-bond donors (Lipinski definition) is 1. The number of carbonyl (C=O) groups excluding carboxylic acids is 2. The SMILES string of the molecule is COC(=O)[C@H](NC(=O)[C@](OC)(c1ccccc1)C(F)(F)F)c1ccc(OC)c(Br)c1. The fraction of sp³-hybridized carbons (Fsp3) is 0.300. The van der Waals surface area contributed by atoms with Crippen molar-refractivity contribution in [2.24, 2.45) is 0 Å². The molecule has 0 unspecified atom stereocenters. The number of alkyl halides is 3. The van der Waals surface area contributed by atoms with Gasteiger partial charge in [-0.05, 0) is 33.6 Å². The zero-order chi connectivity index (χ0) is 22.5. The molecule has 0 saturated heterocycles. The van der Waals surface area contributed by atoms with E-state index in [1.807, 2.05) is 0 Å². The number of rotatable bonds is 7. The van der Waals surface area contributed by atoms with Gasteiger partial charge in [0.1, 0.15) is 5.75 Å². The van der Waals surface area contributed by atoms with Gasteiger partial charge < -0.3 is 19.5 Å². The van der Waals surface area contributed by atoms with Gasteiger partial charge in [-0.3, -0.25) is 4.79 Å².